The molecule has 2 rings (SSSR count). The van der Waals surface area contributed by atoms with E-state index in [1.807, 2.05) is 33.0 Å². The van der Waals surface area contributed by atoms with Crippen molar-refractivity contribution in [3.05, 3.63) is 38.8 Å². The number of rotatable bonds is 5. The summed E-state index contributed by atoms with van der Waals surface area (Å²) in [6.45, 7) is 5.82. The predicted molar refractivity (Wildman–Crippen MR) is 83.0 cm³/mol. The number of aromatic nitrogens is 2. The zero-order valence-corrected chi connectivity index (χ0v) is 13.5. The van der Waals surface area contributed by atoms with Crippen LogP contribution in [0.1, 0.15) is 43.2 Å². The molecule has 0 aliphatic carbocycles. The van der Waals surface area contributed by atoms with Crippen LogP contribution in [0.4, 0.5) is 0 Å². The van der Waals surface area contributed by atoms with E-state index in [-0.39, 0.29) is 11.7 Å². The van der Waals surface area contributed by atoms with Gasteiger partial charge in [0.2, 0.25) is 0 Å². The number of Topliss-reactive ketones (excluding diaryl/α,β-unsaturated/α-hetero) is 1. The number of thiophene rings is 1. The van der Waals surface area contributed by atoms with E-state index in [4.69, 9.17) is 0 Å². The topological polar surface area (TPSA) is 64.0 Å². The lowest BCUT2D eigenvalue weighted by Crippen LogP contribution is -2.26. The van der Waals surface area contributed by atoms with Crippen molar-refractivity contribution in [2.24, 2.45) is 7.05 Å². The van der Waals surface area contributed by atoms with Gasteiger partial charge < -0.3 is 5.32 Å². The van der Waals surface area contributed by atoms with Gasteiger partial charge in [0, 0.05) is 24.2 Å². The Morgan fingerprint density at radius 3 is 2.57 bits per heavy atom. The number of nitrogens with zero attached hydrogens (tertiary/aromatic N) is 2. The maximum absolute atomic E-state index is 12.2. The molecule has 0 unspecified atom stereocenters. The smallest absolute Gasteiger partial charge is 0.255 e. The van der Waals surface area contributed by atoms with E-state index < -0.39 is 0 Å². The van der Waals surface area contributed by atoms with Crippen LogP contribution in [-0.4, -0.2) is 28.0 Å². The summed E-state index contributed by atoms with van der Waals surface area (Å²) in [5.74, 6) is -0.0154. The number of hydrogen-bond donors (Lipinski definition) is 1. The first-order valence-corrected chi connectivity index (χ1v) is 7.60. The van der Waals surface area contributed by atoms with E-state index in [1.165, 1.54) is 11.3 Å². The second-order valence-corrected chi connectivity index (χ2v) is 6.17. The molecule has 0 atom stereocenters. The molecule has 0 aliphatic heterocycles. The van der Waals surface area contributed by atoms with Gasteiger partial charge in [-0.2, -0.15) is 5.10 Å². The van der Waals surface area contributed by atoms with Gasteiger partial charge in [-0.3, -0.25) is 14.3 Å². The number of carbonyl (C=O) groups is 2. The lowest BCUT2D eigenvalue weighted by atomic mass is 10.2. The molecule has 0 aliphatic rings. The van der Waals surface area contributed by atoms with Crippen molar-refractivity contribution in [1.82, 2.24) is 15.1 Å². The molecule has 0 fully saturated rings. The van der Waals surface area contributed by atoms with Gasteiger partial charge in [-0.25, -0.2) is 0 Å². The van der Waals surface area contributed by atoms with Crippen molar-refractivity contribution in [1.29, 1.82) is 0 Å². The highest BCUT2D eigenvalue weighted by Crippen LogP contribution is 2.17. The molecule has 21 heavy (non-hydrogen) atoms. The highest BCUT2D eigenvalue weighted by atomic mass is 32.1. The molecule has 1 amide bonds. The molecule has 6 heteroatoms. The summed E-state index contributed by atoms with van der Waals surface area (Å²) in [6.07, 6.45) is 0.724. The fourth-order valence-corrected chi connectivity index (χ4v) is 3.09. The van der Waals surface area contributed by atoms with Crippen molar-refractivity contribution >= 4 is 23.0 Å². The summed E-state index contributed by atoms with van der Waals surface area (Å²) < 4.78 is 1.71. The standard InChI is InChI=1S/C15H19N3O2S/c1-9-14(10(2)18(4)17-9)15(20)16-8-7-12-5-6-13(21-12)11(3)19/h5-6H,7-8H2,1-4H3,(H,16,20). The summed E-state index contributed by atoms with van der Waals surface area (Å²) in [5, 5.41) is 7.15. The van der Waals surface area contributed by atoms with Gasteiger partial charge in [0.05, 0.1) is 16.1 Å². The molecule has 112 valence electrons. The van der Waals surface area contributed by atoms with Gasteiger partial charge in [-0.05, 0) is 39.3 Å². The van der Waals surface area contributed by atoms with E-state index in [1.54, 1.807) is 11.6 Å². The van der Waals surface area contributed by atoms with Crippen LogP contribution in [0.3, 0.4) is 0 Å². The fourth-order valence-electron chi connectivity index (χ4n) is 2.19. The highest BCUT2D eigenvalue weighted by Gasteiger charge is 2.16. The molecule has 0 aromatic carbocycles. The van der Waals surface area contributed by atoms with E-state index in [2.05, 4.69) is 10.4 Å². The van der Waals surface area contributed by atoms with Gasteiger partial charge in [-0.1, -0.05) is 0 Å². The maximum Gasteiger partial charge on any atom is 0.255 e. The Kier molecular flexibility index (Phi) is 4.57. The Hall–Kier alpha value is -1.95. The highest BCUT2D eigenvalue weighted by molar-refractivity contribution is 7.14. The molecule has 0 saturated heterocycles. The zero-order chi connectivity index (χ0) is 15.6. The Bertz CT molecular complexity index is 685. The van der Waals surface area contributed by atoms with Crippen LogP contribution in [0.15, 0.2) is 12.1 Å². The minimum absolute atomic E-state index is 0.0805. The number of amides is 1. The van der Waals surface area contributed by atoms with Crippen molar-refractivity contribution in [2.75, 3.05) is 6.54 Å². The number of hydrogen-bond acceptors (Lipinski definition) is 4. The molecule has 2 aromatic heterocycles. The van der Waals surface area contributed by atoms with Crippen LogP contribution in [0.25, 0.3) is 0 Å². The van der Waals surface area contributed by atoms with Crippen LogP contribution < -0.4 is 5.32 Å². The molecule has 0 saturated carbocycles. The zero-order valence-electron chi connectivity index (χ0n) is 12.7. The van der Waals surface area contributed by atoms with Crippen molar-refractivity contribution in [3.63, 3.8) is 0 Å². The number of aryl methyl sites for hydroxylation is 2. The Balaban J connectivity index is 1.93. The monoisotopic (exact) mass is 305 g/mol. The first-order chi connectivity index (χ1) is 9.90. The quantitative estimate of drug-likeness (QED) is 0.862. The summed E-state index contributed by atoms with van der Waals surface area (Å²) in [4.78, 5) is 25.3. The second kappa shape index (κ2) is 6.22. The average molecular weight is 305 g/mol. The second-order valence-electron chi connectivity index (χ2n) is 5.00. The van der Waals surface area contributed by atoms with Crippen molar-refractivity contribution < 1.29 is 9.59 Å². The Morgan fingerprint density at radius 2 is 2.05 bits per heavy atom. The van der Waals surface area contributed by atoms with E-state index in [0.717, 1.165) is 27.6 Å². The molecule has 5 nitrogen and oxygen atoms in total. The van der Waals surface area contributed by atoms with Gasteiger partial charge in [-0.15, -0.1) is 11.3 Å². The molecular weight excluding hydrogens is 286 g/mol. The molecule has 2 heterocycles. The van der Waals surface area contributed by atoms with E-state index >= 15 is 0 Å². The van der Waals surface area contributed by atoms with Crippen molar-refractivity contribution in [3.8, 4) is 0 Å². The SMILES string of the molecule is CC(=O)c1ccc(CCNC(=O)c2c(C)nn(C)c2C)s1. The molecule has 1 N–H and O–H groups in total. The van der Waals surface area contributed by atoms with Crippen LogP contribution in [0.2, 0.25) is 0 Å². The predicted octanol–water partition coefficient (Wildman–Crippen LogP) is 2.27. The largest absolute Gasteiger partial charge is 0.352 e. The summed E-state index contributed by atoms with van der Waals surface area (Å²) in [6, 6.07) is 3.77. The third-order valence-electron chi connectivity index (χ3n) is 3.40. The third kappa shape index (κ3) is 3.39. The number of ketones is 1. The van der Waals surface area contributed by atoms with Crippen LogP contribution >= 0.6 is 11.3 Å². The first kappa shape index (κ1) is 15.4. The fraction of sp³-hybridized carbons (Fsp3) is 0.400. The number of nitrogens with one attached hydrogen (secondary N) is 1. The number of carbonyl (C=O) groups excluding carboxylic acids is 2. The van der Waals surface area contributed by atoms with Crippen LogP contribution in [0.5, 0.6) is 0 Å². The molecule has 0 spiro atoms. The third-order valence-corrected chi connectivity index (χ3v) is 4.65. The van der Waals surface area contributed by atoms with Gasteiger partial charge in [0.25, 0.3) is 5.91 Å². The molecule has 0 bridgehead atoms. The lowest BCUT2D eigenvalue weighted by Gasteiger charge is -2.04. The van der Waals surface area contributed by atoms with Crippen LogP contribution in [-0.2, 0) is 13.5 Å². The lowest BCUT2D eigenvalue weighted by molar-refractivity contribution is 0.0951. The summed E-state index contributed by atoms with van der Waals surface area (Å²) in [5.41, 5.74) is 2.25. The first-order valence-electron chi connectivity index (χ1n) is 6.78. The summed E-state index contributed by atoms with van der Waals surface area (Å²) in [7, 11) is 1.83. The molecular formula is C15H19N3O2S. The van der Waals surface area contributed by atoms with Gasteiger partial charge in [0.1, 0.15) is 0 Å². The molecule has 2 aromatic rings. The van der Waals surface area contributed by atoms with Gasteiger partial charge in [0.15, 0.2) is 5.78 Å². The normalized spacial score (nSPS) is 10.7. The Morgan fingerprint density at radius 1 is 1.33 bits per heavy atom. The average Bonchev–Trinajstić information content (AvgIpc) is 2.96. The van der Waals surface area contributed by atoms with E-state index in [0.29, 0.717) is 12.1 Å². The summed E-state index contributed by atoms with van der Waals surface area (Å²) >= 11 is 1.48. The maximum atomic E-state index is 12.2. The van der Waals surface area contributed by atoms with Crippen LogP contribution in [0, 0.1) is 13.8 Å². The van der Waals surface area contributed by atoms with Crippen molar-refractivity contribution in [2.45, 2.75) is 27.2 Å². The van der Waals surface area contributed by atoms with E-state index in [9.17, 15) is 9.59 Å². The minimum Gasteiger partial charge on any atom is -0.352 e. The Labute approximate surface area is 128 Å². The van der Waals surface area contributed by atoms with Gasteiger partial charge >= 0.3 is 0 Å². The molecule has 0 radical (unpaired) electrons. The minimum atomic E-state index is -0.0959.